The molecule has 0 bridgehead atoms. The molecule has 0 unspecified atom stereocenters. The number of nitrogens with one attached hydrogen (secondary N) is 1. The standard InChI is InChI=1S/C17H22F2N2O2/c1-17(2,3)20-15(22)14-6-4-5-7-21(14)16(23)11-8-12(18)10-13(19)9-11/h8-10,14H,4-7H2,1-3H3,(H,20,22)/t14-/m0/s1. The quantitative estimate of drug-likeness (QED) is 0.909. The minimum absolute atomic E-state index is 0.0713. The predicted octanol–water partition coefficient (Wildman–Crippen LogP) is 2.87. The molecule has 1 fully saturated rings. The molecule has 6 heteroatoms. The number of hydrogen-bond donors (Lipinski definition) is 1. The Balaban J connectivity index is 2.23. The van der Waals surface area contributed by atoms with Gasteiger partial charge in [0.25, 0.3) is 5.91 Å². The predicted molar refractivity (Wildman–Crippen MR) is 82.9 cm³/mol. The van der Waals surface area contributed by atoms with Crippen LogP contribution in [-0.2, 0) is 4.79 Å². The number of halogens is 2. The smallest absolute Gasteiger partial charge is 0.254 e. The van der Waals surface area contributed by atoms with Crippen molar-refractivity contribution in [3.8, 4) is 0 Å². The second-order valence-electron chi connectivity index (χ2n) is 6.91. The molecule has 0 aliphatic carbocycles. The van der Waals surface area contributed by atoms with Gasteiger partial charge in [0, 0.05) is 23.7 Å². The Bertz CT molecular complexity index is 591. The highest BCUT2D eigenvalue weighted by Crippen LogP contribution is 2.21. The fraction of sp³-hybridized carbons (Fsp3) is 0.529. The van der Waals surface area contributed by atoms with Crippen LogP contribution in [0.25, 0.3) is 0 Å². The van der Waals surface area contributed by atoms with E-state index in [1.54, 1.807) is 0 Å². The summed E-state index contributed by atoms with van der Waals surface area (Å²) in [7, 11) is 0. The van der Waals surface area contributed by atoms with Crippen LogP contribution < -0.4 is 5.32 Å². The zero-order valence-corrected chi connectivity index (χ0v) is 13.7. The maximum absolute atomic E-state index is 13.3. The summed E-state index contributed by atoms with van der Waals surface area (Å²) < 4.78 is 26.7. The number of rotatable bonds is 2. The fourth-order valence-electron chi connectivity index (χ4n) is 2.74. The first kappa shape index (κ1) is 17.4. The SMILES string of the molecule is CC(C)(C)NC(=O)[C@@H]1CCCCN1C(=O)c1cc(F)cc(F)c1. The van der Waals surface area contributed by atoms with Gasteiger partial charge in [-0.2, -0.15) is 0 Å². The van der Waals surface area contributed by atoms with Crippen molar-refractivity contribution < 1.29 is 18.4 Å². The van der Waals surface area contributed by atoms with Crippen LogP contribution in [0.15, 0.2) is 18.2 Å². The zero-order chi connectivity index (χ0) is 17.2. The van der Waals surface area contributed by atoms with Crippen LogP contribution in [0.3, 0.4) is 0 Å². The molecule has 1 aromatic carbocycles. The van der Waals surface area contributed by atoms with Crippen molar-refractivity contribution in [2.24, 2.45) is 0 Å². The topological polar surface area (TPSA) is 49.4 Å². The molecule has 4 nitrogen and oxygen atoms in total. The Morgan fingerprint density at radius 3 is 2.30 bits per heavy atom. The van der Waals surface area contributed by atoms with E-state index in [1.807, 2.05) is 20.8 Å². The van der Waals surface area contributed by atoms with E-state index in [0.29, 0.717) is 13.0 Å². The highest BCUT2D eigenvalue weighted by atomic mass is 19.1. The summed E-state index contributed by atoms with van der Waals surface area (Å²) in [6.45, 7) is 5.99. The van der Waals surface area contributed by atoms with E-state index in [4.69, 9.17) is 0 Å². The number of hydrogen-bond acceptors (Lipinski definition) is 2. The van der Waals surface area contributed by atoms with E-state index in [0.717, 1.165) is 31.0 Å². The average Bonchev–Trinajstić information content (AvgIpc) is 2.43. The van der Waals surface area contributed by atoms with Crippen molar-refractivity contribution in [2.45, 2.75) is 51.6 Å². The van der Waals surface area contributed by atoms with Crippen molar-refractivity contribution in [1.82, 2.24) is 10.2 Å². The lowest BCUT2D eigenvalue weighted by molar-refractivity contribution is -0.128. The molecule has 0 saturated carbocycles. The first-order valence-electron chi connectivity index (χ1n) is 7.76. The minimum Gasteiger partial charge on any atom is -0.350 e. The Hall–Kier alpha value is -1.98. The molecule has 1 N–H and O–H groups in total. The molecule has 2 amide bonds. The molecule has 1 aromatic rings. The second kappa shape index (κ2) is 6.64. The Kier molecular flexibility index (Phi) is 5.02. The van der Waals surface area contributed by atoms with Crippen LogP contribution in [-0.4, -0.2) is 34.8 Å². The van der Waals surface area contributed by atoms with Gasteiger partial charge in [-0.25, -0.2) is 8.78 Å². The molecule has 1 aliphatic rings. The van der Waals surface area contributed by atoms with Crippen LogP contribution >= 0.6 is 0 Å². The first-order valence-corrected chi connectivity index (χ1v) is 7.76. The van der Waals surface area contributed by atoms with Crippen LogP contribution in [0.4, 0.5) is 8.78 Å². The molecule has 0 radical (unpaired) electrons. The Morgan fingerprint density at radius 1 is 1.13 bits per heavy atom. The largest absolute Gasteiger partial charge is 0.350 e. The van der Waals surface area contributed by atoms with Crippen molar-refractivity contribution in [1.29, 1.82) is 0 Å². The van der Waals surface area contributed by atoms with Crippen molar-refractivity contribution >= 4 is 11.8 Å². The Morgan fingerprint density at radius 2 is 1.74 bits per heavy atom. The first-order chi connectivity index (χ1) is 10.7. The van der Waals surface area contributed by atoms with E-state index in [-0.39, 0.29) is 11.5 Å². The molecular weight excluding hydrogens is 302 g/mol. The lowest BCUT2D eigenvalue weighted by Gasteiger charge is -2.36. The number of nitrogens with zero attached hydrogens (tertiary/aromatic N) is 1. The molecule has 1 atom stereocenters. The van der Waals surface area contributed by atoms with Gasteiger partial charge in [0.1, 0.15) is 17.7 Å². The monoisotopic (exact) mass is 324 g/mol. The fourth-order valence-corrected chi connectivity index (χ4v) is 2.74. The molecule has 23 heavy (non-hydrogen) atoms. The summed E-state index contributed by atoms with van der Waals surface area (Å²) in [4.78, 5) is 26.5. The molecule has 0 spiro atoms. The minimum atomic E-state index is -0.805. The van der Waals surface area contributed by atoms with Gasteiger partial charge in [-0.15, -0.1) is 0 Å². The Labute approximate surface area is 134 Å². The molecule has 1 heterocycles. The lowest BCUT2D eigenvalue weighted by Crippen LogP contribution is -2.55. The van der Waals surface area contributed by atoms with Gasteiger partial charge in [0.2, 0.25) is 5.91 Å². The summed E-state index contributed by atoms with van der Waals surface area (Å²) in [6, 6.07) is 2.11. The molecule has 0 aromatic heterocycles. The third kappa shape index (κ3) is 4.50. The zero-order valence-electron chi connectivity index (χ0n) is 13.7. The third-order valence-corrected chi connectivity index (χ3v) is 3.67. The van der Waals surface area contributed by atoms with E-state index in [9.17, 15) is 18.4 Å². The van der Waals surface area contributed by atoms with E-state index >= 15 is 0 Å². The van der Waals surface area contributed by atoms with Gasteiger partial charge >= 0.3 is 0 Å². The van der Waals surface area contributed by atoms with Gasteiger partial charge in [0.15, 0.2) is 0 Å². The van der Waals surface area contributed by atoms with Gasteiger partial charge in [-0.1, -0.05) is 0 Å². The maximum Gasteiger partial charge on any atom is 0.254 e. The highest BCUT2D eigenvalue weighted by molar-refractivity contribution is 5.97. The number of benzene rings is 1. The summed E-state index contributed by atoms with van der Waals surface area (Å²) in [6.07, 6.45) is 2.15. The summed E-state index contributed by atoms with van der Waals surface area (Å²) in [5.41, 5.74) is -0.480. The number of carbonyl (C=O) groups is 2. The molecule has 1 aliphatic heterocycles. The van der Waals surface area contributed by atoms with Gasteiger partial charge in [-0.05, 0) is 52.2 Å². The lowest BCUT2D eigenvalue weighted by atomic mass is 9.98. The number of amides is 2. The number of carbonyl (C=O) groups excluding carboxylic acids is 2. The van der Waals surface area contributed by atoms with Gasteiger partial charge in [-0.3, -0.25) is 9.59 Å². The van der Waals surface area contributed by atoms with E-state index in [2.05, 4.69) is 5.32 Å². The summed E-state index contributed by atoms with van der Waals surface area (Å²) in [5, 5.41) is 2.87. The molecular formula is C17H22F2N2O2. The summed E-state index contributed by atoms with van der Waals surface area (Å²) in [5.74, 6) is -2.36. The second-order valence-corrected chi connectivity index (χ2v) is 6.91. The average molecular weight is 324 g/mol. The molecule has 126 valence electrons. The van der Waals surface area contributed by atoms with Crippen molar-refractivity contribution in [3.63, 3.8) is 0 Å². The van der Waals surface area contributed by atoms with Crippen LogP contribution in [0.2, 0.25) is 0 Å². The van der Waals surface area contributed by atoms with Crippen LogP contribution in [0.1, 0.15) is 50.4 Å². The maximum atomic E-state index is 13.3. The number of piperidine rings is 1. The van der Waals surface area contributed by atoms with Crippen molar-refractivity contribution in [2.75, 3.05) is 6.54 Å². The third-order valence-electron chi connectivity index (χ3n) is 3.67. The molecule has 2 rings (SSSR count). The van der Waals surface area contributed by atoms with Gasteiger partial charge < -0.3 is 10.2 Å². The molecule has 1 saturated heterocycles. The van der Waals surface area contributed by atoms with Crippen LogP contribution in [0.5, 0.6) is 0 Å². The van der Waals surface area contributed by atoms with Gasteiger partial charge in [0.05, 0.1) is 0 Å². The highest BCUT2D eigenvalue weighted by Gasteiger charge is 2.34. The van der Waals surface area contributed by atoms with Crippen molar-refractivity contribution in [3.05, 3.63) is 35.4 Å². The van der Waals surface area contributed by atoms with E-state index < -0.39 is 29.1 Å². The normalized spacial score (nSPS) is 18.7. The van der Waals surface area contributed by atoms with Crippen LogP contribution in [0, 0.1) is 11.6 Å². The summed E-state index contributed by atoms with van der Waals surface area (Å²) >= 11 is 0. The number of likely N-dealkylation sites (tertiary alicyclic amines) is 1. The van der Waals surface area contributed by atoms with E-state index in [1.165, 1.54) is 4.90 Å².